The van der Waals surface area contributed by atoms with Crippen LogP contribution in [0.1, 0.15) is 51.8 Å². The zero-order chi connectivity index (χ0) is 47.1. The van der Waals surface area contributed by atoms with Crippen LogP contribution in [0.2, 0.25) is 0 Å². The summed E-state index contributed by atoms with van der Waals surface area (Å²) in [6, 6.07) is 77.2. The molecule has 3 aromatic heterocycles. The zero-order valence-electron chi connectivity index (χ0n) is 39.3. The molecule has 1 aliphatic rings. The molecular weight excluding hydrogens is 1040 g/mol. The Labute approximate surface area is 431 Å². The fourth-order valence-corrected chi connectivity index (χ4v) is 9.78. The van der Waals surface area contributed by atoms with E-state index < -0.39 is 0 Å². The van der Waals surface area contributed by atoms with Gasteiger partial charge in [-0.3, -0.25) is 0 Å². The number of aryl methyl sites for hydroxylation is 6. The molecule has 0 fully saturated rings. The van der Waals surface area contributed by atoms with Crippen molar-refractivity contribution >= 4 is 0 Å². The van der Waals surface area contributed by atoms with E-state index in [2.05, 4.69) is 162 Å². The number of fused-ring (bicyclic) bond motifs is 1. The number of rotatable bonds is 13. The minimum absolute atomic E-state index is 0. The van der Waals surface area contributed by atoms with Gasteiger partial charge in [0.2, 0.25) is 0 Å². The molecule has 4 nitrogen and oxygen atoms in total. The summed E-state index contributed by atoms with van der Waals surface area (Å²) >= 11 is 0. The van der Waals surface area contributed by atoms with Crippen molar-refractivity contribution in [1.82, 2.24) is 15.0 Å². The molecule has 0 atom stereocenters. The van der Waals surface area contributed by atoms with Crippen molar-refractivity contribution in [2.75, 3.05) is 0 Å². The van der Waals surface area contributed by atoms with Crippen molar-refractivity contribution < 1.29 is 20.1 Å². The first-order valence-corrected chi connectivity index (χ1v) is 24.3. The molecular formula is C66H49IrN4. The Hall–Kier alpha value is -7.87. The minimum Gasteiger partial charge on any atom is -0.305 e. The van der Waals surface area contributed by atoms with Crippen LogP contribution in [0.25, 0.3) is 78.3 Å². The van der Waals surface area contributed by atoms with Gasteiger partial charge < -0.3 is 15.0 Å². The van der Waals surface area contributed by atoms with Gasteiger partial charge in [-0.15, -0.1) is 94.5 Å². The number of nitrogens with zero attached hydrogens (tertiary/aromatic N) is 4. The summed E-state index contributed by atoms with van der Waals surface area (Å²) in [6.45, 7) is 0. The fraction of sp³-hybridized carbons (Fsp3) is 0.121. The molecule has 0 aliphatic heterocycles. The first-order chi connectivity index (χ1) is 34.6. The molecule has 10 aromatic rings. The van der Waals surface area contributed by atoms with E-state index >= 15 is 0 Å². The standard InChI is InChI=1S/C66H49N4.Ir/c67-44-48-23-25-51(26-24-48)52-31-33-53(34-32-52)63-42-57(66-43-56-9-1-2-10-58(56)45-70-66)35-36-62(63)61-12-4-3-11-60(61)59-40-49(17-15-46-19-27-54(28-20-46)64-13-5-7-37-68-64)39-50(41-59)18-16-47-21-29-55(30-22-47)65-14-6-8-38-69-65;/h3-8,11-14,19-27,29,31-34,36-43,45H,1-2,9-10,15-18H2;/q-3;+3. The van der Waals surface area contributed by atoms with Gasteiger partial charge in [-0.05, 0) is 124 Å². The van der Waals surface area contributed by atoms with Crippen molar-refractivity contribution in [2.24, 2.45) is 0 Å². The third kappa shape index (κ3) is 10.8. The Morgan fingerprint density at radius 2 is 0.958 bits per heavy atom. The number of hydrogen-bond donors (Lipinski definition) is 0. The van der Waals surface area contributed by atoms with Crippen LogP contribution in [0.15, 0.2) is 201 Å². The van der Waals surface area contributed by atoms with E-state index in [1.165, 1.54) is 57.3 Å². The van der Waals surface area contributed by atoms with Gasteiger partial charge in [0.1, 0.15) is 0 Å². The van der Waals surface area contributed by atoms with E-state index in [9.17, 15) is 5.26 Å². The predicted molar refractivity (Wildman–Crippen MR) is 283 cm³/mol. The van der Waals surface area contributed by atoms with Crippen LogP contribution in [-0.2, 0) is 58.6 Å². The van der Waals surface area contributed by atoms with Crippen molar-refractivity contribution in [1.29, 1.82) is 5.26 Å². The topological polar surface area (TPSA) is 62.5 Å². The summed E-state index contributed by atoms with van der Waals surface area (Å²) in [5.41, 5.74) is 23.4. The van der Waals surface area contributed by atoms with Crippen LogP contribution in [0, 0.1) is 29.5 Å². The Balaban J connectivity index is 0.00000582. The van der Waals surface area contributed by atoms with E-state index in [-0.39, 0.29) is 20.1 Å². The van der Waals surface area contributed by atoms with Crippen LogP contribution < -0.4 is 0 Å². The molecule has 3 heterocycles. The maximum atomic E-state index is 9.41. The summed E-state index contributed by atoms with van der Waals surface area (Å²) < 4.78 is 0. The predicted octanol–water partition coefficient (Wildman–Crippen LogP) is 15.3. The molecule has 0 bridgehead atoms. The van der Waals surface area contributed by atoms with Crippen LogP contribution in [0.3, 0.4) is 0 Å². The van der Waals surface area contributed by atoms with Gasteiger partial charge in [0.15, 0.2) is 0 Å². The molecule has 7 aromatic carbocycles. The Morgan fingerprint density at radius 1 is 0.408 bits per heavy atom. The Kier molecular flexibility index (Phi) is 14.4. The zero-order valence-corrected chi connectivity index (χ0v) is 41.7. The van der Waals surface area contributed by atoms with E-state index in [0.29, 0.717) is 5.56 Å². The molecule has 342 valence electrons. The van der Waals surface area contributed by atoms with Crippen LogP contribution in [-0.4, -0.2) is 15.0 Å². The van der Waals surface area contributed by atoms with Crippen LogP contribution in [0.4, 0.5) is 0 Å². The summed E-state index contributed by atoms with van der Waals surface area (Å²) in [7, 11) is 0. The summed E-state index contributed by atoms with van der Waals surface area (Å²) in [6.07, 6.45) is 13.9. The van der Waals surface area contributed by atoms with E-state index in [4.69, 9.17) is 4.98 Å². The van der Waals surface area contributed by atoms with E-state index in [1.807, 2.05) is 73.1 Å². The molecule has 0 spiro atoms. The van der Waals surface area contributed by atoms with Crippen LogP contribution in [0.5, 0.6) is 0 Å². The van der Waals surface area contributed by atoms with E-state index in [0.717, 1.165) is 106 Å². The summed E-state index contributed by atoms with van der Waals surface area (Å²) in [5, 5.41) is 9.41. The largest absolute Gasteiger partial charge is 3.00 e. The van der Waals surface area contributed by atoms with Gasteiger partial charge in [-0.1, -0.05) is 144 Å². The van der Waals surface area contributed by atoms with Crippen molar-refractivity contribution in [3.63, 3.8) is 0 Å². The third-order valence-electron chi connectivity index (χ3n) is 13.6. The molecule has 0 radical (unpaired) electrons. The smallest absolute Gasteiger partial charge is 0.305 e. The van der Waals surface area contributed by atoms with Crippen LogP contribution >= 0.6 is 0 Å². The maximum Gasteiger partial charge on any atom is 3.00 e. The van der Waals surface area contributed by atoms with Gasteiger partial charge in [0.25, 0.3) is 0 Å². The second-order valence-corrected chi connectivity index (χ2v) is 18.2. The molecule has 11 rings (SSSR count). The number of nitriles is 1. The van der Waals surface area contributed by atoms with Gasteiger partial charge in [-0.25, -0.2) is 0 Å². The summed E-state index contributed by atoms with van der Waals surface area (Å²) in [5.74, 6) is 0. The van der Waals surface area contributed by atoms with Crippen molar-refractivity contribution in [3.05, 3.63) is 258 Å². The Bertz CT molecular complexity index is 3350. The molecule has 71 heavy (non-hydrogen) atoms. The molecule has 0 saturated carbocycles. The second-order valence-electron chi connectivity index (χ2n) is 18.2. The maximum absolute atomic E-state index is 9.41. The summed E-state index contributed by atoms with van der Waals surface area (Å²) in [4.78, 5) is 14.1. The first-order valence-electron chi connectivity index (χ1n) is 24.3. The van der Waals surface area contributed by atoms with Crippen molar-refractivity contribution in [3.8, 4) is 84.3 Å². The quantitative estimate of drug-likeness (QED) is 0.108. The normalized spacial score (nSPS) is 11.8. The monoisotopic (exact) mass is 1090 g/mol. The van der Waals surface area contributed by atoms with Gasteiger partial charge >= 0.3 is 20.1 Å². The molecule has 5 heteroatoms. The second kappa shape index (κ2) is 21.8. The average molecular weight is 1090 g/mol. The fourth-order valence-electron chi connectivity index (χ4n) is 9.78. The number of hydrogen-bond acceptors (Lipinski definition) is 4. The van der Waals surface area contributed by atoms with E-state index in [1.54, 1.807) is 0 Å². The minimum atomic E-state index is 0. The number of aromatic nitrogens is 3. The first kappa shape index (κ1) is 46.8. The Morgan fingerprint density at radius 3 is 1.54 bits per heavy atom. The van der Waals surface area contributed by atoms with Gasteiger partial charge in [0.05, 0.1) is 11.6 Å². The number of pyridine rings is 3. The molecule has 0 saturated heterocycles. The molecule has 0 N–H and O–H groups in total. The van der Waals surface area contributed by atoms with Gasteiger partial charge in [0, 0.05) is 18.6 Å². The number of benzene rings is 7. The molecule has 1 aliphatic carbocycles. The molecule has 0 amide bonds. The molecule has 0 unspecified atom stereocenters. The SMILES string of the molecule is N#Cc1ccc(-c2ccc(-c3cc(-c4cc5c(cn4)CCCC5)[c-]cc3-c3ccccc3-c3cc(CCc4c[c-]c(-c5ccccn5)cc4)cc(CCc4c[c-]c(-c5ccccn5)cc4)c3)cc2)cc1.[Ir+3]. The third-order valence-corrected chi connectivity index (χ3v) is 13.6. The van der Waals surface area contributed by atoms with Gasteiger partial charge in [-0.2, -0.15) is 5.26 Å². The van der Waals surface area contributed by atoms with Crippen molar-refractivity contribution in [2.45, 2.75) is 51.4 Å². The average Bonchev–Trinajstić information content (AvgIpc) is 3.44.